The Morgan fingerprint density at radius 1 is 0.851 bits per heavy atom. The number of hydrazine groups is 1. The van der Waals surface area contributed by atoms with E-state index in [-0.39, 0.29) is 24.0 Å². The van der Waals surface area contributed by atoms with Gasteiger partial charge in [0, 0.05) is 23.4 Å². The largest absolute Gasteiger partial charge is 0.507 e. The maximum absolute atomic E-state index is 15.2. The predicted molar refractivity (Wildman–Crippen MR) is 172 cm³/mol. The third-order valence-corrected chi connectivity index (χ3v) is 11.0. The Hall–Kier alpha value is -5.02. The smallest absolute Gasteiger partial charge is 0.260 e. The SMILES string of the molecule is CN1C(=O)C2CC=C3C(CC4C(=O)N(Nc5ccc(F)cc5)C(=O)C4(c4ccc(Cl)cc4)C3c3ccc(O)c4ccccc34)C2C1=O. The first-order valence-corrected chi connectivity index (χ1v) is 15.9. The molecule has 2 heterocycles. The highest BCUT2D eigenvalue weighted by Gasteiger charge is 2.70. The highest BCUT2D eigenvalue weighted by molar-refractivity contribution is 6.30. The van der Waals surface area contributed by atoms with Crippen LogP contribution < -0.4 is 5.43 Å². The molecule has 3 fully saturated rings. The molecule has 2 saturated heterocycles. The molecule has 8 rings (SSSR count). The van der Waals surface area contributed by atoms with Crippen molar-refractivity contribution in [2.24, 2.45) is 23.7 Å². The number of phenolic OH excluding ortho intramolecular Hbond substituents is 1. The highest BCUT2D eigenvalue weighted by Crippen LogP contribution is 2.64. The summed E-state index contributed by atoms with van der Waals surface area (Å²) >= 11 is 6.35. The Balaban J connectivity index is 1.41. The molecule has 2 aliphatic heterocycles. The Kier molecular flexibility index (Phi) is 6.57. The number of rotatable bonds is 4. The number of amides is 4. The number of aromatic hydroxyl groups is 1. The van der Waals surface area contributed by atoms with Crippen LogP contribution in [0.3, 0.4) is 0 Å². The van der Waals surface area contributed by atoms with Crippen LogP contribution in [0.4, 0.5) is 10.1 Å². The molecule has 0 spiro atoms. The molecule has 0 aromatic heterocycles. The van der Waals surface area contributed by atoms with Crippen LogP contribution in [-0.4, -0.2) is 45.7 Å². The molecule has 4 aliphatic rings. The minimum absolute atomic E-state index is 0.0677. The van der Waals surface area contributed by atoms with E-state index in [1.54, 1.807) is 42.5 Å². The van der Waals surface area contributed by atoms with E-state index in [1.807, 2.05) is 24.3 Å². The van der Waals surface area contributed by atoms with E-state index in [0.29, 0.717) is 39.0 Å². The van der Waals surface area contributed by atoms with Crippen molar-refractivity contribution in [1.82, 2.24) is 9.91 Å². The first-order chi connectivity index (χ1) is 22.6. The molecule has 2 aliphatic carbocycles. The van der Waals surface area contributed by atoms with E-state index >= 15 is 4.79 Å². The van der Waals surface area contributed by atoms with E-state index in [9.17, 15) is 23.9 Å². The third kappa shape index (κ3) is 4.05. The van der Waals surface area contributed by atoms with Crippen molar-refractivity contribution in [2.75, 3.05) is 12.5 Å². The molecule has 2 N–H and O–H groups in total. The van der Waals surface area contributed by atoms with Crippen molar-refractivity contribution in [1.29, 1.82) is 0 Å². The number of hydrogen-bond donors (Lipinski definition) is 2. The van der Waals surface area contributed by atoms with Crippen LogP contribution in [0, 0.1) is 29.5 Å². The third-order valence-electron chi connectivity index (χ3n) is 10.7. The molecular formula is C37H29ClFN3O5. The quantitative estimate of drug-likeness (QED) is 0.209. The first-order valence-electron chi connectivity index (χ1n) is 15.5. The van der Waals surface area contributed by atoms with E-state index < -0.39 is 52.6 Å². The second kappa shape index (κ2) is 10.5. The van der Waals surface area contributed by atoms with E-state index in [1.165, 1.54) is 36.2 Å². The second-order valence-electron chi connectivity index (χ2n) is 12.8. The minimum Gasteiger partial charge on any atom is -0.507 e. The molecule has 47 heavy (non-hydrogen) atoms. The number of phenols is 1. The zero-order valence-corrected chi connectivity index (χ0v) is 25.9. The van der Waals surface area contributed by atoms with Crippen molar-refractivity contribution in [2.45, 2.75) is 24.2 Å². The van der Waals surface area contributed by atoms with Crippen molar-refractivity contribution in [3.8, 4) is 5.75 Å². The molecule has 6 atom stereocenters. The van der Waals surface area contributed by atoms with Gasteiger partial charge in [0.15, 0.2) is 0 Å². The Morgan fingerprint density at radius 2 is 1.55 bits per heavy atom. The predicted octanol–water partition coefficient (Wildman–Crippen LogP) is 5.95. The lowest BCUT2D eigenvalue weighted by Crippen LogP contribution is -2.53. The van der Waals surface area contributed by atoms with Gasteiger partial charge in [-0.3, -0.25) is 29.5 Å². The van der Waals surface area contributed by atoms with Crippen LogP contribution >= 0.6 is 11.6 Å². The van der Waals surface area contributed by atoms with E-state index in [2.05, 4.69) is 5.43 Å². The van der Waals surface area contributed by atoms with Crippen molar-refractivity contribution < 1.29 is 28.7 Å². The summed E-state index contributed by atoms with van der Waals surface area (Å²) in [6.45, 7) is 0. The fourth-order valence-corrected chi connectivity index (χ4v) is 8.84. The van der Waals surface area contributed by atoms with Crippen LogP contribution in [0.1, 0.15) is 29.9 Å². The number of allylic oxidation sites excluding steroid dienone is 2. The molecule has 6 unspecified atom stereocenters. The zero-order valence-electron chi connectivity index (χ0n) is 25.2. The van der Waals surface area contributed by atoms with E-state index in [4.69, 9.17) is 11.6 Å². The van der Waals surface area contributed by atoms with Gasteiger partial charge in [-0.15, -0.1) is 0 Å². The molecule has 8 nitrogen and oxygen atoms in total. The standard InChI is InChI=1S/C37H29ClFN3O5/c1-41-33(44)27-15-14-26-28(31(27)35(41)46)18-29-34(45)42(40-22-12-10-21(39)11-13-22)36(47)37(29,19-6-8-20(38)9-7-19)32(26)25-16-17-30(43)24-5-3-2-4-23(24)25/h2-14,16-17,27-29,31-32,40,43H,15,18H2,1H3. The number of fused-ring (bicyclic) bond motifs is 5. The van der Waals surface area contributed by atoms with Crippen LogP contribution in [0.15, 0.2) is 96.6 Å². The maximum Gasteiger partial charge on any atom is 0.260 e. The van der Waals surface area contributed by atoms with Gasteiger partial charge < -0.3 is 5.11 Å². The second-order valence-corrected chi connectivity index (χ2v) is 13.3. The molecule has 4 amide bonds. The lowest BCUT2D eigenvalue weighted by atomic mass is 9.49. The molecular weight excluding hydrogens is 621 g/mol. The maximum atomic E-state index is 15.2. The van der Waals surface area contributed by atoms with Gasteiger partial charge in [0.25, 0.3) is 11.8 Å². The van der Waals surface area contributed by atoms with Crippen molar-refractivity contribution in [3.05, 3.63) is 119 Å². The van der Waals surface area contributed by atoms with Gasteiger partial charge >= 0.3 is 0 Å². The minimum atomic E-state index is -1.50. The number of carbonyl (C=O) groups excluding carboxylic acids is 4. The molecule has 236 valence electrons. The average molecular weight is 650 g/mol. The van der Waals surface area contributed by atoms with Gasteiger partial charge in [0.2, 0.25) is 11.8 Å². The van der Waals surface area contributed by atoms with Crippen LogP contribution in [0.5, 0.6) is 5.75 Å². The molecule has 4 aromatic rings. The van der Waals surface area contributed by atoms with Crippen molar-refractivity contribution in [3.63, 3.8) is 0 Å². The van der Waals surface area contributed by atoms with Crippen molar-refractivity contribution >= 4 is 51.7 Å². The number of halogens is 2. The van der Waals surface area contributed by atoms with Crippen LogP contribution in [-0.2, 0) is 24.6 Å². The topological polar surface area (TPSA) is 107 Å². The Labute approximate surface area is 274 Å². The number of carbonyl (C=O) groups is 4. The fraction of sp³-hybridized carbons (Fsp3) is 0.243. The summed E-state index contributed by atoms with van der Waals surface area (Å²) in [5.74, 6) is -5.37. The monoisotopic (exact) mass is 649 g/mol. The van der Waals surface area contributed by atoms with Gasteiger partial charge in [-0.25, -0.2) is 4.39 Å². The average Bonchev–Trinajstić information content (AvgIpc) is 3.43. The molecule has 0 bridgehead atoms. The number of likely N-dealkylation sites (tertiary alicyclic amines) is 1. The summed E-state index contributed by atoms with van der Waals surface area (Å²) < 4.78 is 13.8. The number of anilines is 1. The molecule has 10 heteroatoms. The lowest BCUT2D eigenvalue weighted by molar-refractivity contribution is -0.140. The lowest BCUT2D eigenvalue weighted by Gasteiger charge is -2.51. The van der Waals surface area contributed by atoms with Crippen LogP contribution in [0.25, 0.3) is 10.8 Å². The zero-order chi connectivity index (χ0) is 32.8. The fourth-order valence-electron chi connectivity index (χ4n) is 8.72. The van der Waals surface area contributed by atoms with Gasteiger partial charge in [-0.1, -0.05) is 65.7 Å². The number of benzene rings is 4. The van der Waals surface area contributed by atoms with E-state index in [0.717, 1.165) is 10.6 Å². The number of hydrogen-bond acceptors (Lipinski definition) is 6. The Bertz CT molecular complexity index is 2050. The normalized spacial score (nSPS) is 28.3. The summed E-state index contributed by atoms with van der Waals surface area (Å²) in [6.07, 6.45) is 2.46. The van der Waals surface area contributed by atoms with Gasteiger partial charge in [-0.05, 0) is 77.7 Å². The summed E-state index contributed by atoms with van der Waals surface area (Å²) in [5, 5.41) is 13.6. The molecule has 1 saturated carbocycles. The number of nitrogens with zero attached hydrogens (tertiary/aromatic N) is 2. The van der Waals surface area contributed by atoms with Gasteiger partial charge in [-0.2, -0.15) is 5.01 Å². The van der Waals surface area contributed by atoms with Gasteiger partial charge in [0.05, 0.1) is 28.9 Å². The number of nitrogens with one attached hydrogen (secondary N) is 1. The summed E-state index contributed by atoms with van der Waals surface area (Å²) in [7, 11) is 1.49. The number of imide groups is 2. The van der Waals surface area contributed by atoms with Gasteiger partial charge in [0.1, 0.15) is 11.6 Å². The first kappa shape index (κ1) is 29.4. The summed E-state index contributed by atoms with van der Waals surface area (Å²) in [4.78, 5) is 57.9. The Morgan fingerprint density at radius 3 is 2.28 bits per heavy atom. The molecule has 0 radical (unpaired) electrons. The molecule has 4 aromatic carbocycles. The summed E-state index contributed by atoms with van der Waals surface area (Å²) in [5.41, 5.74) is 3.90. The highest BCUT2D eigenvalue weighted by atomic mass is 35.5. The summed E-state index contributed by atoms with van der Waals surface area (Å²) in [6, 6.07) is 23.0. The van der Waals surface area contributed by atoms with Crippen LogP contribution in [0.2, 0.25) is 5.02 Å².